The van der Waals surface area contributed by atoms with Gasteiger partial charge < -0.3 is 31.9 Å². The molecule has 0 spiro atoms. The summed E-state index contributed by atoms with van der Waals surface area (Å²) in [6.07, 6.45) is 0. The fourth-order valence-electron chi connectivity index (χ4n) is 2.24. The van der Waals surface area contributed by atoms with E-state index in [9.17, 15) is 0 Å². The van der Waals surface area contributed by atoms with Crippen molar-refractivity contribution in [3.63, 3.8) is 0 Å². The van der Waals surface area contributed by atoms with Crippen molar-refractivity contribution >= 4 is 11.6 Å². The summed E-state index contributed by atoms with van der Waals surface area (Å²) in [5.74, 6) is 1.54. The monoisotopic (exact) mass is 371 g/mol. The number of nitrogens with two attached hydrogens (primary N) is 1. The Labute approximate surface area is 154 Å². The fraction of sp³-hybridized carbons (Fsp3) is 0.333. The minimum absolute atomic E-state index is 0. The van der Waals surface area contributed by atoms with Gasteiger partial charge in [-0.1, -0.05) is 29.8 Å². The van der Waals surface area contributed by atoms with E-state index in [0.29, 0.717) is 6.61 Å². The Kier molecular flexibility index (Phi) is 9.57. The van der Waals surface area contributed by atoms with Crippen molar-refractivity contribution in [1.82, 2.24) is 0 Å². The maximum atomic E-state index is 6.02. The van der Waals surface area contributed by atoms with Gasteiger partial charge in [0.15, 0.2) is 11.5 Å². The Hall–Kier alpha value is -1.46. The molecule has 132 valence electrons. The Morgan fingerprint density at radius 3 is 2.46 bits per heavy atom. The van der Waals surface area contributed by atoms with Crippen LogP contribution in [-0.2, 0) is 17.9 Å². The van der Waals surface area contributed by atoms with Crippen LogP contribution in [0.5, 0.6) is 11.5 Å². The summed E-state index contributed by atoms with van der Waals surface area (Å²) in [5.41, 5.74) is 2.17. The molecule has 24 heavy (non-hydrogen) atoms. The number of halogens is 2. The number of rotatable bonds is 9. The average Bonchev–Trinajstić information content (AvgIpc) is 2.58. The number of methoxy groups -OCH3 is 2. The first-order valence-electron chi connectivity index (χ1n) is 7.58. The van der Waals surface area contributed by atoms with E-state index in [1.807, 2.05) is 36.4 Å². The summed E-state index contributed by atoms with van der Waals surface area (Å²) in [6.45, 7) is 2.92. The number of para-hydroxylation sites is 1. The van der Waals surface area contributed by atoms with Gasteiger partial charge in [0.05, 0.1) is 25.8 Å². The predicted molar refractivity (Wildman–Crippen MR) is 91.2 cm³/mol. The molecular formula is C18H23Cl2NO3. The molecule has 4 nitrogen and oxygen atoms in total. The zero-order valence-corrected chi connectivity index (χ0v) is 15.4. The van der Waals surface area contributed by atoms with Crippen LogP contribution in [0.1, 0.15) is 11.1 Å². The number of ether oxygens (including phenoxy) is 3. The Morgan fingerprint density at radius 1 is 1.04 bits per heavy atom. The number of quaternary nitrogens is 1. The lowest BCUT2D eigenvalue weighted by Gasteiger charge is -2.14. The molecule has 0 atom stereocenters. The van der Waals surface area contributed by atoms with Gasteiger partial charge in [-0.05, 0) is 29.8 Å². The third kappa shape index (κ3) is 6.21. The Bertz CT molecular complexity index is 606. The molecule has 0 amide bonds. The van der Waals surface area contributed by atoms with Crippen LogP contribution in [0.15, 0.2) is 42.5 Å². The molecule has 0 aliphatic heterocycles. The molecule has 0 aliphatic carbocycles. The van der Waals surface area contributed by atoms with Crippen molar-refractivity contribution in [3.05, 3.63) is 58.6 Å². The van der Waals surface area contributed by atoms with Crippen LogP contribution in [0.4, 0.5) is 0 Å². The maximum absolute atomic E-state index is 6.02. The fourth-order valence-corrected chi connectivity index (χ4v) is 2.37. The quantitative estimate of drug-likeness (QED) is 0.612. The molecule has 0 fully saturated rings. The molecule has 0 bridgehead atoms. The summed E-state index contributed by atoms with van der Waals surface area (Å²) in [7, 11) is 3.36. The summed E-state index contributed by atoms with van der Waals surface area (Å²) < 4.78 is 16.5. The van der Waals surface area contributed by atoms with Gasteiger partial charge >= 0.3 is 0 Å². The topological polar surface area (TPSA) is 44.3 Å². The first kappa shape index (κ1) is 20.6. The molecule has 2 N–H and O–H groups in total. The second-order valence-corrected chi connectivity index (χ2v) is 5.57. The molecule has 0 heterocycles. The Balaban J connectivity index is 0.00000288. The molecule has 0 saturated heterocycles. The molecule has 0 aromatic heterocycles. The molecule has 0 saturated carbocycles. The molecule has 0 aliphatic rings. The third-order valence-corrected chi connectivity index (χ3v) is 3.72. The van der Waals surface area contributed by atoms with Crippen LogP contribution < -0.4 is 27.2 Å². The van der Waals surface area contributed by atoms with E-state index < -0.39 is 0 Å². The van der Waals surface area contributed by atoms with Gasteiger partial charge in [-0.25, -0.2) is 0 Å². The third-order valence-electron chi connectivity index (χ3n) is 3.47. The number of hydrogen-bond acceptors (Lipinski definition) is 3. The summed E-state index contributed by atoms with van der Waals surface area (Å²) in [5, 5.41) is 2.91. The molecule has 2 rings (SSSR count). The smallest absolute Gasteiger partial charge is 0.170 e. The van der Waals surface area contributed by atoms with Crippen molar-refractivity contribution in [2.45, 2.75) is 13.2 Å². The van der Waals surface area contributed by atoms with Crippen LogP contribution in [0.25, 0.3) is 0 Å². The van der Waals surface area contributed by atoms with Crippen molar-refractivity contribution in [2.75, 3.05) is 27.4 Å². The van der Waals surface area contributed by atoms with E-state index in [1.54, 1.807) is 14.2 Å². The van der Waals surface area contributed by atoms with Gasteiger partial charge in [0.2, 0.25) is 0 Å². The van der Waals surface area contributed by atoms with Crippen LogP contribution in [0.2, 0.25) is 5.02 Å². The van der Waals surface area contributed by atoms with E-state index in [-0.39, 0.29) is 12.4 Å². The molecule has 2 aromatic rings. The van der Waals surface area contributed by atoms with E-state index in [1.165, 1.54) is 0 Å². The maximum Gasteiger partial charge on any atom is 0.170 e. The highest BCUT2D eigenvalue weighted by Gasteiger charge is 2.12. The summed E-state index contributed by atoms with van der Waals surface area (Å²) >= 11 is 5.91. The highest BCUT2D eigenvalue weighted by atomic mass is 35.5. The van der Waals surface area contributed by atoms with Crippen molar-refractivity contribution < 1.29 is 31.9 Å². The van der Waals surface area contributed by atoms with Crippen LogP contribution in [0, 0.1) is 0 Å². The zero-order valence-electron chi connectivity index (χ0n) is 13.9. The number of hydrogen-bond donors (Lipinski definition) is 1. The highest BCUT2D eigenvalue weighted by molar-refractivity contribution is 6.30. The molecular weight excluding hydrogens is 349 g/mol. The molecule has 2 aromatic carbocycles. The Morgan fingerprint density at radius 2 is 1.79 bits per heavy atom. The largest absolute Gasteiger partial charge is 1.00 e. The minimum Gasteiger partial charge on any atom is -1.00 e. The van der Waals surface area contributed by atoms with Crippen molar-refractivity contribution in [2.24, 2.45) is 0 Å². The first-order chi connectivity index (χ1) is 11.2. The van der Waals surface area contributed by atoms with Gasteiger partial charge in [-0.3, -0.25) is 0 Å². The lowest BCUT2D eigenvalue weighted by Crippen LogP contribution is -3.00. The van der Waals surface area contributed by atoms with Crippen molar-refractivity contribution in [3.8, 4) is 11.5 Å². The van der Waals surface area contributed by atoms with E-state index >= 15 is 0 Å². The second-order valence-electron chi connectivity index (χ2n) is 5.14. The predicted octanol–water partition coefficient (Wildman–Crippen LogP) is -0.359. The van der Waals surface area contributed by atoms with Gasteiger partial charge in [-0.15, -0.1) is 0 Å². The van der Waals surface area contributed by atoms with E-state index in [4.69, 9.17) is 25.8 Å². The standard InChI is InChI=1S/C18H22ClNO3.ClH/c1-21-11-10-20-12-15-4-3-5-17(22-2)18(15)23-13-14-6-8-16(19)9-7-14;/h3-9,20H,10-13H2,1-2H3;1H. The summed E-state index contributed by atoms with van der Waals surface area (Å²) in [6, 6.07) is 13.6. The van der Waals surface area contributed by atoms with Crippen LogP contribution >= 0.6 is 11.6 Å². The molecule has 0 unspecified atom stereocenters. The molecule has 6 heteroatoms. The zero-order chi connectivity index (χ0) is 16.5. The summed E-state index contributed by atoms with van der Waals surface area (Å²) in [4.78, 5) is 0. The lowest BCUT2D eigenvalue weighted by molar-refractivity contribution is -0.671. The van der Waals surface area contributed by atoms with Crippen LogP contribution in [0.3, 0.4) is 0 Å². The first-order valence-corrected chi connectivity index (χ1v) is 7.96. The highest BCUT2D eigenvalue weighted by Crippen LogP contribution is 2.31. The minimum atomic E-state index is 0. The molecule has 0 radical (unpaired) electrons. The van der Waals surface area contributed by atoms with Crippen LogP contribution in [-0.4, -0.2) is 27.4 Å². The lowest BCUT2D eigenvalue weighted by atomic mass is 10.1. The van der Waals surface area contributed by atoms with Gasteiger partial charge in [-0.2, -0.15) is 0 Å². The van der Waals surface area contributed by atoms with Crippen molar-refractivity contribution in [1.29, 1.82) is 0 Å². The number of benzene rings is 2. The van der Waals surface area contributed by atoms with Gasteiger partial charge in [0.25, 0.3) is 0 Å². The van der Waals surface area contributed by atoms with Gasteiger partial charge in [0.1, 0.15) is 13.2 Å². The average molecular weight is 372 g/mol. The van der Waals surface area contributed by atoms with E-state index in [0.717, 1.165) is 47.3 Å². The second kappa shape index (κ2) is 11.2. The SMILES string of the molecule is COCC[NH2+]Cc1cccc(OC)c1OCc1ccc(Cl)cc1.[Cl-]. The van der Waals surface area contributed by atoms with Gasteiger partial charge in [0, 0.05) is 12.1 Å². The van der Waals surface area contributed by atoms with E-state index in [2.05, 4.69) is 11.4 Å². The normalized spacial score (nSPS) is 10.1.